The van der Waals surface area contributed by atoms with E-state index in [0.717, 1.165) is 46.9 Å². The first-order valence-corrected chi connectivity index (χ1v) is 13.2. The number of hydrogen-bond acceptors (Lipinski definition) is 7. The maximum atomic E-state index is 13.5. The molecule has 6 rings (SSSR count). The molecule has 3 aromatic carbocycles. The lowest BCUT2D eigenvalue weighted by atomic mass is 10.1. The van der Waals surface area contributed by atoms with E-state index < -0.39 is 0 Å². The SMILES string of the molecule is COc1cc2ncn(CCCN(Cc3ccncc3)Cc3coc4c(ccc5ccccc54)c3=O)c2cc1OC. The molecule has 0 aliphatic rings. The van der Waals surface area contributed by atoms with Gasteiger partial charge in [0.15, 0.2) is 16.9 Å². The van der Waals surface area contributed by atoms with Crippen LogP contribution in [-0.2, 0) is 19.6 Å². The Hall–Kier alpha value is -4.69. The summed E-state index contributed by atoms with van der Waals surface area (Å²) >= 11 is 0. The van der Waals surface area contributed by atoms with Crippen molar-refractivity contribution in [2.45, 2.75) is 26.1 Å². The molecule has 0 unspecified atom stereocenters. The number of aryl methyl sites for hydroxylation is 1. The molecule has 3 heterocycles. The minimum atomic E-state index is 0.00776. The van der Waals surface area contributed by atoms with Crippen molar-refractivity contribution >= 4 is 32.8 Å². The highest BCUT2D eigenvalue weighted by Gasteiger charge is 2.15. The molecular formula is C32H30N4O4. The first kappa shape index (κ1) is 25.6. The lowest BCUT2D eigenvalue weighted by molar-refractivity contribution is 0.246. The second-order valence-corrected chi connectivity index (χ2v) is 9.81. The van der Waals surface area contributed by atoms with Crippen molar-refractivity contribution < 1.29 is 13.9 Å². The van der Waals surface area contributed by atoms with E-state index in [1.54, 1.807) is 32.9 Å². The molecular weight excluding hydrogens is 504 g/mol. The first-order valence-electron chi connectivity index (χ1n) is 13.2. The molecule has 0 amide bonds. The van der Waals surface area contributed by atoms with E-state index in [-0.39, 0.29) is 5.43 Å². The van der Waals surface area contributed by atoms with Crippen molar-refractivity contribution in [1.82, 2.24) is 19.4 Å². The van der Waals surface area contributed by atoms with Crippen LogP contribution in [0.2, 0.25) is 0 Å². The maximum absolute atomic E-state index is 13.5. The molecule has 0 saturated heterocycles. The molecule has 6 aromatic rings. The monoisotopic (exact) mass is 534 g/mol. The zero-order valence-corrected chi connectivity index (χ0v) is 22.5. The fraction of sp³-hybridized carbons (Fsp3) is 0.219. The third-order valence-electron chi connectivity index (χ3n) is 7.28. The molecule has 40 heavy (non-hydrogen) atoms. The van der Waals surface area contributed by atoms with E-state index in [4.69, 9.17) is 13.9 Å². The molecule has 0 atom stereocenters. The Labute approximate surface area is 231 Å². The van der Waals surface area contributed by atoms with Crippen LogP contribution in [0.15, 0.2) is 94.9 Å². The average Bonchev–Trinajstić information content (AvgIpc) is 3.39. The second kappa shape index (κ2) is 11.2. The van der Waals surface area contributed by atoms with E-state index >= 15 is 0 Å². The van der Waals surface area contributed by atoms with E-state index in [9.17, 15) is 4.79 Å². The number of nitrogens with zero attached hydrogens (tertiary/aromatic N) is 4. The molecule has 3 aromatic heterocycles. The van der Waals surface area contributed by atoms with Gasteiger partial charge in [0.2, 0.25) is 0 Å². The van der Waals surface area contributed by atoms with Crippen LogP contribution in [0.4, 0.5) is 0 Å². The normalized spacial score (nSPS) is 11.6. The number of imidazole rings is 1. The predicted octanol–water partition coefficient (Wildman–Crippen LogP) is 5.80. The Kier molecular flexibility index (Phi) is 7.16. The van der Waals surface area contributed by atoms with E-state index in [1.165, 1.54) is 0 Å². The van der Waals surface area contributed by atoms with Crippen molar-refractivity contribution in [3.8, 4) is 11.5 Å². The number of methoxy groups -OCH3 is 2. The van der Waals surface area contributed by atoms with Crippen LogP contribution >= 0.6 is 0 Å². The van der Waals surface area contributed by atoms with Gasteiger partial charge >= 0.3 is 0 Å². The zero-order valence-electron chi connectivity index (χ0n) is 22.5. The van der Waals surface area contributed by atoms with E-state index in [1.807, 2.05) is 67.0 Å². The van der Waals surface area contributed by atoms with Gasteiger partial charge in [0.05, 0.1) is 43.2 Å². The summed E-state index contributed by atoms with van der Waals surface area (Å²) in [6, 6.07) is 19.7. The molecule has 0 spiro atoms. The third-order valence-corrected chi connectivity index (χ3v) is 7.28. The average molecular weight is 535 g/mol. The van der Waals surface area contributed by atoms with Crippen LogP contribution in [0.1, 0.15) is 17.5 Å². The highest BCUT2D eigenvalue weighted by Crippen LogP contribution is 2.31. The Morgan fingerprint density at radius 3 is 2.55 bits per heavy atom. The number of benzene rings is 3. The molecule has 0 fully saturated rings. The van der Waals surface area contributed by atoms with Crippen LogP contribution in [-0.4, -0.2) is 40.2 Å². The number of rotatable bonds is 10. The Balaban J connectivity index is 1.24. The highest BCUT2D eigenvalue weighted by molar-refractivity contribution is 6.03. The fourth-order valence-corrected chi connectivity index (χ4v) is 5.24. The van der Waals surface area contributed by atoms with Crippen LogP contribution in [0.5, 0.6) is 11.5 Å². The summed E-state index contributed by atoms with van der Waals surface area (Å²) in [6.45, 7) is 2.69. The van der Waals surface area contributed by atoms with Gasteiger partial charge in [-0.15, -0.1) is 0 Å². The summed E-state index contributed by atoms with van der Waals surface area (Å²) in [4.78, 5) is 24.5. The standard InChI is InChI=1S/C32H30N4O4/c1-38-29-16-27-28(17-30(29)39-2)36(21-34-27)15-5-14-35(18-22-10-12-33-13-11-22)19-24-20-40-32-25-7-4-3-6-23(25)8-9-26(32)31(24)37/h3-4,6-13,16-17,20-21H,5,14-15,18-19H2,1-2H3. The topological polar surface area (TPSA) is 82.6 Å². The van der Waals surface area contributed by atoms with E-state index in [2.05, 4.69) is 19.4 Å². The maximum Gasteiger partial charge on any atom is 0.197 e. The third kappa shape index (κ3) is 5.01. The van der Waals surface area contributed by atoms with Crippen LogP contribution in [0.25, 0.3) is 32.8 Å². The number of aromatic nitrogens is 3. The molecule has 0 N–H and O–H groups in total. The zero-order chi connectivity index (χ0) is 27.5. The van der Waals surface area contributed by atoms with Crippen LogP contribution in [0.3, 0.4) is 0 Å². The lowest BCUT2D eigenvalue weighted by Gasteiger charge is -2.22. The van der Waals surface area contributed by atoms with Crippen LogP contribution < -0.4 is 14.9 Å². The smallest absolute Gasteiger partial charge is 0.197 e. The van der Waals surface area contributed by atoms with Crippen molar-refractivity contribution in [2.24, 2.45) is 0 Å². The Morgan fingerprint density at radius 1 is 0.925 bits per heavy atom. The Morgan fingerprint density at radius 2 is 1.73 bits per heavy atom. The minimum absolute atomic E-state index is 0.00776. The van der Waals surface area contributed by atoms with Gasteiger partial charge in [0.25, 0.3) is 0 Å². The van der Waals surface area contributed by atoms with Gasteiger partial charge in [-0.3, -0.25) is 14.7 Å². The van der Waals surface area contributed by atoms with Gasteiger partial charge in [0, 0.05) is 61.7 Å². The summed E-state index contributed by atoms with van der Waals surface area (Å²) < 4.78 is 19.1. The minimum Gasteiger partial charge on any atom is -0.493 e. The highest BCUT2D eigenvalue weighted by atomic mass is 16.5. The number of hydrogen-bond donors (Lipinski definition) is 0. The number of pyridine rings is 1. The summed E-state index contributed by atoms with van der Waals surface area (Å²) in [6.07, 6.45) is 7.91. The molecule has 0 aliphatic heterocycles. The van der Waals surface area contributed by atoms with Gasteiger partial charge in [-0.2, -0.15) is 0 Å². The molecule has 8 heteroatoms. The van der Waals surface area contributed by atoms with Crippen molar-refractivity contribution in [1.29, 1.82) is 0 Å². The largest absolute Gasteiger partial charge is 0.493 e. The summed E-state index contributed by atoms with van der Waals surface area (Å²) in [5.74, 6) is 1.33. The van der Waals surface area contributed by atoms with Gasteiger partial charge in [0.1, 0.15) is 5.58 Å². The molecule has 8 nitrogen and oxygen atoms in total. The molecule has 0 saturated carbocycles. The molecule has 0 radical (unpaired) electrons. The van der Waals surface area contributed by atoms with Crippen molar-refractivity contribution in [3.63, 3.8) is 0 Å². The lowest BCUT2D eigenvalue weighted by Crippen LogP contribution is -2.27. The summed E-state index contributed by atoms with van der Waals surface area (Å²) in [7, 11) is 3.25. The molecule has 0 aliphatic carbocycles. The number of ether oxygens (including phenoxy) is 2. The van der Waals surface area contributed by atoms with Gasteiger partial charge in [-0.1, -0.05) is 30.3 Å². The number of fused-ring (bicyclic) bond motifs is 4. The Bertz CT molecular complexity index is 1850. The van der Waals surface area contributed by atoms with E-state index in [0.29, 0.717) is 41.1 Å². The first-order chi connectivity index (χ1) is 19.6. The van der Waals surface area contributed by atoms with Gasteiger partial charge in [-0.05, 0) is 35.6 Å². The van der Waals surface area contributed by atoms with Crippen molar-refractivity contribution in [3.05, 3.63) is 107 Å². The predicted molar refractivity (Wildman–Crippen MR) is 156 cm³/mol. The molecule has 202 valence electrons. The summed E-state index contributed by atoms with van der Waals surface area (Å²) in [5, 5.41) is 2.60. The van der Waals surface area contributed by atoms with Gasteiger partial charge in [-0.25, -0.2) is 4.98 Å². The van der Waals surface area contributed by atoms with Gasteiger partial charge < -0.3 is 18.5 Å². The molecule has 0 bridgehead atoms. The van der Waals surface area contributed by atoms with Crippen LogP contribution in [0, 0.1) is 0 Å². The fourth-order valence-electron chi connectivity index (χ4n) is 5.24. The van der Waals surface area contributed by atoms with Crippen molar-refractivity contribution in [2.75, 3.05) is 20.8 Å². The summed E-state index contributed by atoms with van der Waals surface area (Å²) in [5.41, 5.74) is 4.26. The second-order valence-electron chi connectivity index (χ2n) is 9.81. The quantitative estimate of drug-likeness (QED) is 0.205.